The Kier molecular flexibility index (Phi) is 4.83. The Morgan fingerprint density at radius 2 is 2.00 bits per heavy atom. The van der Waals surface area contributed by atoms with Crippen molar-refractivity contribution in [1.82, 2.24) is 19.4 Å². The maximum absolute atomic E-state index is 13.4. The Hall–Kier alpha value is -2.13. The first-order chi connectivity index (χ1) is 13.4. The smallest absolute Gasteiger partial charge is 0.332 e. The van der Waals surface area contributed by atoms with Gasteiger partial charge >= 0.3 is 11.7 Å². The molecule has 0 atom stereocenters. The summed E-state index contributed by atoms with van der Waals surface area (Å²) in [6.07, 6.45) is 2.69. The van der Waals surface area contributed by atoms with E-state index in [1.165, 1.54) is 15.9 Å². The molecule has 2 aliphatic rings. The summed E-state index contributed by atoms with van der Waals surface area (Å²) >= 11 is 1.44. The molecule has 4 rings (SSSR count). The molecule has 2 aromatic heterocycles. The highest BCUT2D eigenvalue weighted by Crippen LogP contribution is 2.37. The summed E-state index contributed by atoms with van der Waals surface area (Å²) in [5.41, 5.74) is -0.0154. The molecule has 1 N–H and O–H groups in total. The van der Waals surface area contributed by atoms with Gasteiger partial charge in [0.25, 0.3) is 5.56 Å². The molecule has 1 saturated heterocycles. The molecule has 2 fully saturated rings. The predicted octanol–water partition coefficient (Wildman–Crippen LogP) is 1.60. The Morgan fingerprint density at radius 3 is 2.57 bits per heavy atom. The van der Waals surface area contributed by atoms with Crippen LogP contribution in [0.5, 0.6) is 0 Å². The van der Waals surface area contributed by atoms with Crippen LogP contribution in [-0.4, -0.2) is 46.9 Å². The second kappa shape index (κ2) is 7.04. The van der Waals surface area contributed by atoms with Gasteiger partial charge in [0.2, 0.25) is 0 Å². The highest BCUT2D eigenvalue weighted by Gasteiger charge is 2.38. The number of nitrogens with one attached hydrogen (secondary N) is 1. The summed E-state index contributed by atoms with van der Waals surface area (Å²) in [4.78, 5) is 42.0. The second-order valence-electron chi connectivity index (χ2n) is 7.90. The fourth-order valence-electron chi connectivity index (χ4n) is 4.15. The van der Waals surface area contributed by atoms with Crippen molar-refractivity contribution < 1.29 is 9.53 Å². The molecule has 8 nitrogen and oxygen atoms in total. The highest BCUT2D eigenvalue weighted by atomic mass is 32.1. The van der Waals surface area contributed by atoms with Gasteiger partial charge in [-0.2, -0.15) is 0 Å². The number of hydrogen-bond acceptors (Lipinski definition) is 5. The molecule has 3 heterocycles. The first kappa shape index (κ1) is 19.2. The molecule has 0 bridgehead atoms. The van der Waals surface area contributed by atoms with Crippen LogP contribution in [0.4, 0.5) is 4.79 Å². The van der Waals surface area contributed by atoms with Crippen LogP contribution in [0.15, 0.2) is 9.59 Å². The molecule has 0 aromatic carbocycles. The summed E-state index contributed by atoms with van der Waals surface area (Å²) in [5.74, 6) is 0. The summed E-state index contributed by atoms with van der Waals surface area (Å²) in [6, 6.07) is -0.0898. The molecular weight excluding hydrogens is 380 g/mol. The monoisotopic (exact) mass is 406 g/mol. The lowest BCUT2D eigenvalue weighted by molar-refractivity contribution is 0.149. The molecule has 152 valence electrons. The minimum atomic E-state index is -0.416. The lowest BCUT2D eigenvalue weighted by atomic mass is 9.78. The van der Waals surface area contributed by atoms with Crippen LogP contribution in [0.1, 0.15) is 36.6 Å². The molecule has 0 radical (unpaired) electrons. The molecule has 28 heavy (non-hydrogen) atoms. The lowest BCUT2D eigenvalue weighted by Gasteiger charge is -2.39. The number of carbonyl (C=O) groups excluding carboxylic acids is 1. The first-order valence-corrected chi connectivity index (χ1v) is 10.5. The number of rotatable bonds is 6. The van der Waals surface area contributed by atoms with Crippen molar-refractivity contribution >= 4 is 27.6 Å². The SMILES string of the molecule is COCCn1c(=O)n(C2(C)CCC2)c(=O)c2c(C)c(CN3CCNC3=O)sc21. The summed E-state index contributed by atoms with van der Waals surface area (Å²) in [6.45, 7) is 6.42. The zero-order chi connectivity index (χ0) is 20.1. The van der Waals surface area contributed by atoms with Crippen LogP contribution in [0.3, 0.4) is 0 Å². The standard InChI is InChI=1S/C19H26N4O4S/c1-12-13(11-21-8-7-20-17(21)25)28-16-14(12)15(24)23(19(2)5-4-6-19)18(26)22(16)9-10-27-3/h4-11H2,1-3H3,(H,20,25). The summed E-state index contributed by atoms with van der Waals surface area (Å²) in [5, 5.41) is 3.40. The van der Waals surface area contributed by atoms with Crippen LogP contribution < -0.4 is 16.6 Å². The van der Waals surface area contributed by atoms with E-state index in [-0.39, 0.29) is 17.3 Å². The molecule has 0 unspecified atom stereocenters. The summed E-state index contributed by atoms with van der Waals surface area (Å²) < 4.78 is 8.34. The van der Waals surface area contributed by atoms with E-state index in [0.29, 0.717) is 43.0 Å². The maximum Gasteiger partial charge on any atom is 0.332 e. The Balaban J connectivity index is 1.91. The van der Waals surface area contributed by atoms with Gasteiger partial charge in [0.05, 0.1) is 25.1 Å². The highest BCUT2D eigenvalue weighted by molar-refractivity contribution is 7.18. The number of nitrogens with zero attached hydrogens (tertiary/aromatic N) is 3. The number of ether oxygens (including phenoxy) is 1. The number of thiophene rings is 1. The predicted molar refractivity (Wildman–Crippen MR) is 108 cm³/mol. The number of carbonyl (C=O) groups is 1. The number of aromatic nitrogens is 2. The van der Waals surface area contributed by atoms with Gasteiger partial charge in [0, 0.05) is 30.6 Å². The van der Waals surface area contributed by atoms with Crippen molar-refractivity contribution in [2.45, 2.75) is 51.7 Å². The minimum Gasteiger partial charge on any atom is -0.383 e. The third-order valence-electron chi connectivity index (χ3n) is 6.08. The molecule has 2 amide bonds. The molecule has 9 heteroatoms. The molecule has 1 saturated carbocycles. The minimum absolute atomic E-state index is 0.0898. The molecule has 1 aliphatic carbocycles. The number of methoxy groups -OCH3 is 1. The van der Waals surface area contributed by atoms with Gasteiger partial charge in [0.15, 0.2) is 0 Å². The largest absolute Gasteiger partial charge is 0.383 e. The van der Waals surface area contributed by atoms with E-state index in [9.17, 15) is 14.4 Å². The van der Waals surface area contributed by atoms with E-state index in [1.807, 2.05) is 13.8 Å². The number of amides is 2. The van der Waals surface area contributed by atoms with Gasteiger partial charge in [-0.15, -0.1) is 11.3 Å². The number of urea groups is 1. The van der Waals surface area contributed by atoms with Crippen LogP contribution in [0, 0.1) is 6.92 Å². The maximum atomic E-state index is 13.4. The zero-order valence-electron chi connectivity index (χ0n) is 16.5. The third-order valence-corrected chi connectivity index (χ3v) is 7.38. The normalized spacial score (nSPS) is 18.5. The number of aryl methyl sites for hydroxylation is 1. The van der Waals surface area contributed by atoms with Crippen LogP contribution in [-0.2, 0) is 23.4 Å². The number of hydrogen-bond donors (Lipinski definition) is 1. The topological polar surface area (TPSA) is 85.6 Å². The molecular formula is C19H26N4O4S. The van der Waals surface area contributed by atoms with E-state index < -0.39 is 5.54 Å². The van der Waals surface area contributed by atoms with E-state index in [2.05, 4.69) is 5.32 Å². The first-order valence-electron chi connectivity index (χ1n) is 9.67. The van der Waals surface area contributed by atoms with Crippen LogP contribution in [0.25, 0.3) is 10.2 Å². The Bertz CT molecular complexity index is 1050. The molecule has 2 aromatic rings. The van der Waals surface area contributed by atoms with Gasteiger partial charge in [-0.1, -0.05) is 0 Å². The van der Waals surface area contributed by atoms with Crippen molar-refractivity contribution in [2.75, 3.05) is 26.8 Å². The van der Waals surface area contributed by atoms with Gasteiger partial charge in [0.1, 0.15) is 4.83 Å². The quantitative estimate of drug-likeness (QED) is 0.790. The Morgan fingerprint density at radius 1 is 1.25 bits per heavy atom. The van der Waals surface area contributed by atoms with Gasteiger partial charge < -0.3 is 15.0 Å². The van der Waals surface area contributed by atoms with Crippen LogP contribution in [0.2, 0.25) is 0 Å². The second-order valence-corrected chi connectivity index (χ2v) is 8.99. The Labute approximate surface area is 166 Å². The third kappa shape index (κ3) is 2.88. The van der Waals surface area contributed by atoms with E-state index >= 15 is 0 Å². The lowest BCUT2D eigenvalue weighted by Crippen LogP contribution is -2.53. The average Bonchev–Trinajstić information content (AvgIpc) is 3.17. The van der Waals surface area contributed by atoms with Gasteiger partial charge in [-0.3, -0.25) is 13.9 Å². The average molecular weight is 407 g/mol. The fourth-order valence-corrected chi connectivity index (χ4v) is 5.48. The van der Waals surface area contributed by atoms with Crippen molar-refractivity contribution in [3.8, 4) is 0 Å². The zero-order valence-corrected chi connectivity index (χ0v) is 17.4. The van der Waals surface area contributed by atoms with Gasteiger partial charge in [-0.25, -0.2) is 9.59 Å². The van der Waals surface area contributed by atoms with E-state index in [1.54, 1.807) is 16.6 Å². The van der Waals surface area contributed by atoms with Crippen molar-refractivity contribution in [2.24, 2.45) is 0 Å². The van der Waals surface area contributed by atoms with Crippen molar-refractivity contribution in [3.63, 3.8) is 0 Å². The fraction of sp³-hybridized carbons (Fsp3) is 0.632. The molecule has 1 aliphatic heterocycles. The van der Waals surface area contributed by atoms with Crippen molar-refractivity contribution in [1.29, 1.82) is 0 Å². The van der Waals surface area contributed by atoms with Crippen LogP contribution >= 0.6 is 11.3 Å². The van der Waals surface area contributed by atoms with E-state index in [4.69, 9.17) is 4.74 Å². The number of fused-ring (bicyclic) bond motifs is 1. The van der Waals surface area contributed by atoms with Crippen molar-refractivity contribution in [3.05, 3.63) is 31.3 Å². The van der Waals surface area contributed by atoms with E-state index in [0.717, 1.165) is 29.7 Å². The molecule has 0 spiro atoms. The summed E-state index contributed by atoms with van der Waals surface area (Å²) in [7, 11) is 1.60. The van der Waals surface area contributed by atoms with Gasteiger partial charge in [-0.05, 0) is 38.7 Å².